The summed E-state index contributed by atoms with van der Waals surface area (Å²) in [5.41, 5.74) is 7.20. The first-order valence-corrected chi connectivity index (χ1v) is 7.91. The van der Waals surface area contributed by atoms with Gasteiger partial charge in [0.25, 0.3) is 0 Å². The number of hydrogen-bond donors (Lipinski definition) is 2. The van der Waals surface area contributed by atoms with Gasteiger partial charge in [0.1, 0.15) is 5.75 Å². The number of hydrogen-bond acceptors (Lipinski definition) is 3. The van der Waals surface area contributed by atoms with Crippen LogP contribution in [0.4, 0.5) is 0 Å². The lowest BCUT2D eigenvalue weighted by Gasteiger charge is -2.22. The molecule has 1 aliphatic rings. The average Bonchev–Trinajstić information content (AvgIpc) is 2.88. The minimum Gasteiger partial charge on any atom is -0.494 e. The van der Waals surface area contributed by atoms with Crippen LogP contribution in [0.15, 0.2) is 24.3 Å². The Morgan fingerprint density at radius 1 is 1.40 bits per heavy atom. The van der Waals surface area contributed by atoms with Crippen LogP contribution in [-0.2, 0) is 0 Å². The number of nitrogens with two attached hydrogens (primary N) is 1. The lowest BCUT2D eigenvalue weighted by Crippen LogP contribution is -2.35. The van der Waals surface area contributed by atoms with Gasteiger partial charge >= 0.3 is 0 Å². The van der Waals surface area contributed by atoms with Crippen molar-refractivity contribution in [3.05, 3.63) is 29.8 Å². The molecule has 112 valence electrons. The van der Waals surface area contributed by atoms with Crippen LogP contribution in [-0.4, -0.2) is 19.2 Å². The normalized spacial score (nSPS) is 23.8. The second-order valence-electron chi connectivity index (χ2n) is 5.99. The van der Waals surface area contributed by atoms with Gasteiger partial charge in [-0.1, -0.05) is 26.0 Å². The van der Waals surface area contributed by atoms with Gasteiger partial charge in [-0.2, -0.15) is 0 Å². The Morgan fingerprint density at radius 2 is 2.25 bits per heavy atom. The Kier molecular flexibility index (Phi) is 5.86. The molecule has 1 aromatic rings. The highest BCUT2D eigenvalue weighted by molar-refractivity contribution is 5.31. The zero-order valence-corrected chi connectivity index (χ0v) is 12.8. The summed E-state index contributed by atoms with van der Waals surface area (Å²) in [5, 5.41) is 3.72. The summed E-state index contributed by atoms with van der Waals surface area (Å²) in [6.07, 6.45) is 4.89. The van der Waals surface area contributed by atoms with Crippen molar-refractivity contribution in [2.24, 2.45) is 11.7 Å². The van der Waals surface area contributed by atoms with Crippen LogP contribution >= 0.6 is 0 Å². The van der Waals surface area contributed by atoms with Gasteiger partial charge in [-0.05, 0) is 49.3 Å². The summed E-state index contributed by atoms with van der Waals surface area (Å²) < 4.78 is 5.71. The maximum atomic E-state index is 5.96. The molecule has 3 N–H and O–H groups in total. The third-order valence-corrected chi connectivity index (χ3v) is 4.10. The minimum absolute atomic E-state index is 0.232. The number of benzene rings is 1. The van der Waals surface area contributed by atoms with Crippen molar-refractivity contribution in [2.75, 3.05) is 13.2 Å². The fourth-order valence-electron chi connectivity index (χ4n) is 2.98. The molecular formula is C17H28N2O. The van der Waals surface area contributed by atoms with Crippen LogP contribution in [0.25, 0.3) is 0 Å². The van der Waals surface area contributed by atoms with Crippen molar-refractivity contribution in [1.82, 2.24) is 5.32 Å². The van der Waals surface area contributed by atoms with Crippen LogP contribution in [0.5, 0.6) is 5.75 Å². The third-order valence-electron chi connectivity index (χ3n) is 4.10. The van der Waals surface area contributed by atoms with E-state index in [0.29, 0.717) is 12.6 Å². The molecule has 3 unspecified atom stereocenters. The molecule has 0 aliphatic heterocycles. The minimum atomic E-state index is 0.232. The molecule has 0 heterocycles. The maximum absolute atomic E-state index is 5.96. The average molecular weight is 276 g/mol. The molecule has 1 aromatic carbocycles. The summed E-state index contributed by atoms with van der Waals surface area (Å²) in [4.78, 5) is 0. The Balaban J connectivity index is 1.99. The van der Waals surface area contributed by atoms with Crippen molar-refractivity contribution in [3.63, 3.8) is 0 Å². The van der Waals surface area contributed by atoms with Crippen LogP contribution in [0.2, 0.25) is 0 Å². The van der Waals surface area contributed by atoms with Crippen molar-refractivity contribution in [2.45, 2.75) is 51.6 Å². The van der Waals surface area contributed by atoms with Gasteiger partial charge < -0.3 is 15.8 Å². The van der Waals surface area contributed by atoms with E-state index >= 15 is 0 Å². The largest absolute Gasteiger partial charge is 0.494 e. The van der Waals surface area contributed by atoms with E-state index in [1.54, 1.807) is 0 Å². The van der Waals surface area contributed by atoms with E-state index in [-0.39, 0.29) is 6.04 Å². The van der Waals surface area contributed by atoms with Gasteiger partial charge in [0.15, 0.2) is 0 Å². The highest BCUT2D eigenvalue weighted by atomic mass is 16.5. The van der Waals surface area contributed by atoms with E-state index in [1.807, 2.05) is 6.07 Å². The molecule has 3 nitrogen and oxygen atoms in total. The van der Waals surface area contributed by atoms with Crippen LogP contribution in [0.3, 0.4) is 0 Å². The Morgan fingerprint density at radius 3 is 2.90 bits per heavy atom. The van der Waals surface area contributed by atoms with Crippen molar-refractivity contribution in [3.8, 4) is 5.75 Å². The predicted molar refractivity (Wildman–Crippen MR) is 84.0 cm³/mol. The topological polar surface area (TPSA) is 47.3 Å². The molecule has 0 bridgehead atoms. The molecule has 3 heteroatoms. The van der Waals surface area contributed by atoms with E-state index in [1.165, 1.54) is 24.8 Å². The molecule has 0 amide bonds. The molecule has 1 saturated carbocycles. The molecule has 3 atom stereocenters. The van der Waals surface area contributed by atoms with Crippen LogP contribution in [0.1, 0.15) is 51.1 Å². The van der Waals surface area contributed by atoms with Gasteiger partial charge in [0.2, 0.25) is 0 Å². The summed E-state index contributed by atoms with van der Waals surface area (Å²) in [5.74, 6) is 1.79. The van der Waals surface area contributed by atoms with Crippen molar-refractivity contribution < 1.29 is 4.74 Å². The molecule has 0 spiro atoms. The van der Waals surface area contributed by atoms with E-state index in [0.717, 1.165) is 24.7 Å². The lowest BCUT2D eigenvalue weighted by atomic mass is 10.0. The number of ether oxygens (including phenoxy) is 1. The zero-order valence-electron chi connectivity index (χ0n) is 12.8. The summed E-state index contributed by atoms with van der Waals surface area (Å²) >= 11 is 0. The second kappa shape index (κ2) is 7.65. The van der Waals surface area contributed by atoms with E-state index in [9.17, 15) is 0 Å². The van der Waals surface area contributed by atoms with Gasteiger partial charge in [-0.25, -0.2) is 0 Å². The van der Waals surface area contributed by atoms with Gasteiger partial charge in [0, 0.05) is 18.6 Å². The molecule has 0 aromatic heterocycles. The maximum Gasteiger partial charge on any atom is 0.119 e. The monoisotopic (exact) mass is 276 g/mol. The molecule has 0 saturated heterocycles. The van der Waals surface area contributed by atoms with Gasteiger partial charge in [0.05, 0.1) is 6.61 Å². The highest BCUT2D eigenvalue weighted by Crippen LogP contribution is 2.27. The molecular weight excluding hydrogens is 248 g/mol. The lowest BCUT2D eigenvalue weighted by molar-refractivity contribution is 0.316. The first-order chi connectivity index (χ1) is 9.72. The predicted octanol–water partition coefficient (Wildman–Crippen LogP) is 3.25. The summed E-state index contributed by atoms with van der Waals surface area (Å²) in [7, 11) is 0. The SMILES string of the molecule is CCCOc1cccc(C(CN)NC2CCC(C)C2)c1. The quantitative estimate of drug-likeness (QED) is 0.803. The molecule has 2 rings (SSSR count). The standard InChI is InChI=1S/C17H28N2O/c1-3-9-20-16-6-4-5-14(11-16)17(12-18)19-15-8-7-13(2)10-15/h4-6,11,13,15,17,19H,3,7-10,12,18H2,1-2H3. The Labute approximate surface area is 122 Å². The van der Waals surface area contributed by atoms with Gasteiger partial charge in [-0.15, -0.1) is 0 Å². The second-order valence-corrected chi connectivity index (χ2v) is 5.99. The number of nitrogens with one attached hydrogen (secondary N) is 1. The van der Waals surface area contributed by atoms with Crippen LogP contribution < -0.4 is 15.8 Å². The van der Waals surface area contributed by atoms with E-state index < -0.39 is 0 Å². The Bertz CT molecular complexity index is 408. The summed E-state index contributed by atoms with van der Waals surface area (Å²) in [6.45, 7) is 5.85. The zero-order chi connectivity index (χ0) is 14.4. The molecule has 0 radical (unpaired) electrons. The fraction of sp³-hybridized carbons (Fsp3) is 0.647. The number of rotatable bonds is 7. The van der Waals surface area contributed by atoms with E-state index in [2.05, 4.69) is 37.4 Å². The first-order valence-electron chi connectivity index (χ1n) is 7.91. The first kappa shape index (κ1) is 15.3. The molecule has 1 aliphatic carbocycles. The fourth-order valence-corrected chi connectivity index (χ4v) is 2.98. The van der Waals surface area contributed by atoms with Crippen LogP contribution in [0, 0.1) is 5.92 Å². The summed E-state index contributed by atoms with van der Waals surface area (Å²) in [6, 6.07) is 9.18. The highest BCUT2D eigenvalue weighted by Gasteiger charge is 2.23. The molecule has 20 heavy (non-hydrogen) atoms. The molecule has 1 fully saturated rings. The Hall–Kier alpha value is -1.06. The van der Waals surface area contributed by atoms with Gasteiger partial charge in [-0.3, -0.25) is 0 Å². The smallest absolute Gasteiger partial charge is 0.119 e. The third kappa shape index (κ3) is 4.22. The van der Waals surface area contributed by atoms with Crippen molar-refractivity contribution in [1.29, 1.82) is 0 Å². The van der Waals surface area contributed by atoms with Crippen molar-refractivity contribution >= 4 is 0 Å². The van der Waals surface area contributed by atoms with E-state index in [4.69, 9.17) is 10.5 Å².